The van der Waals surface area contributed by atoms with Gasteiger partial charge in [0.25, 0.3) is 5.69 Å². The van der Waals surface area contributed by atoms with E-state index in [0.717, 1.165) is 24.0 Å². The van der Waals surface area contributed by atoms with E-state index in [4.69, 9.17) is 4.74 Å². The molecule has 0 heterocycles. The van der Waals surface area contributed by atoms with E-state index >= 15 is 0 Å². The standard InChI is InChI=1S/C19H25NO3/c1-3-4-15-12-16(14-5-6-14)11-13(2)19(15)23-18-9-7-17(8-10-18)20(21)22/h3,7-10,13-16,19H,1,4-6,11-12H2,2H3. The number of nitrogens with zero attached hydrogens (tertiary/aromatic N) is 1. The Morgan fingerprint density at radius 2 is 1.96 bits per heavy atom. The minimum Gasteiger partial charge on any atom is -0.490 e. The lowest BCUT2D eigenvalue weighted by Crippen LogP contribution is -2.40. The van der Waals surface area contributed by atoms with Gasteiger partial charge in [-0.05, 0) is 67.9 Å². The van der Waals surface area contributed by atoms with Crippen LogP contribution in [0, 0.1) is 33.8 Å². The molecular formula is C19H25NO3. The lowest BCUT2D eigenvalue weighted by Gasteiger charge is -2.40. The molecule has 2 saturated carbocycles. The van der Waals surface area contributed by atoms with Gasteiger partial charge in [-0.15, -0.1) is 6.58 Å². The molecule has 1 aromatic carbocycles. The van der Waals surface area contributed by atoms with Crippen molar-refractivity contribution in [2.45, 2.75) is 45.1 Å². The Bertz CT molecular complexity index is 564. The molecule has 0 aliphatic heterocycles. The Labute approximate surface area is 137 Å². The highest BCUT2D eigenvalue weighted by atomic mass is 16.6. The van der Waals surface area contributed by atoms with Crippen LogP contribution in [0.4, 0.5) is 5.69 Å². The largest absolute Gasteiger partial charge is 0.490 e. The van der Waals surface area contributed by atoms with Crippen molar-refractivity contribution < 1.29 is 9.66 Å². The Morgan fingerprint density at radius 1 is 1.26 bits per heavy atom. The number of benzene rings is 1. The van der Waals surface area contributed by atoms with Gasteiger partial charge >= 0.3 is 0 Å². The fourth-order valence-corrected chi connectivity index (χ4v) is 4.11. The van der Waals surface area contributed by atoms with Crippen LogP contribution in [0.1, 0.15) is 39.0 Å². The smallest absolute Gasteiger partial charge is 0.269 e. The highest BCUT2D eigenvalue weighted by molar-refractivity contribution is 5.36. The Morgan fingerprint density at radius 3 is 2.52 bits per heavy atom. The van der Waals surface area contributed by atoms with Gasteiger partial charge in [-0.25, -0.2) is 0 Å². The van der Waals surface area contributed by atoms with E-state index in [-0.39, 0.29) is 16.7 Å². The number of hydrogen-bond donors (Lipinski definition) is 0. The molecule has 4 heteroatoms. The summed E-state index contributed by atoms with van der Waals surface area (Å²) in [6, 6.07) is 6.45. The zero-order valence-electron chi connectivity index (χ0n) is 13.7. The van der Waals surface area contributed by atoms with Crippen molar-refractivity contribution in [3.8, 4) is 5.75 Å². The van der Waals surface area contributed by atoms with Crippen molar-refractivity contribution in [1.82, 2.24) is 0 Å². The number of allylic oxidation sites excluding steroid dienone is 1. The van der Waals surface area contributed by atoms with Crippen LogP contribution in [0.2, 0.25) is 0 Å². The van der Waals surface area contributed by atoms with Crippen LogP contribution < -0.4 is 4.74 Å². The van der Waals surface area contributed by atoms with Gasteiger partial charge in [0.1, 0.15) is 11.9 Å². The Kier molecular flexibility index (Phi) is 4.69. The van der Waals surface area contributed by atoms with Gasteiger partial charge in [-0.3, -0.25) is 10.1 Å². The first-order valence-electron chi connectivity index (χ1n) is 8.60. The van der Waals surface area contributed by atoms with Crippen LogP contribution in [-0.2, 0) is 0 Å². The van der Waals surface area contributed by atoms with Gasteiger partial charge in [-0.1, -0.05) is 13.0 Å². The minimum atomic E-state index is -0.381. The summed E-state index contributed by atoms with van der Waals surface area (Å²) in [6.07, 6.45) is 8.39. The Hall–Kier alpha value is -1.84. The summed E-state index contributed by atoms with van der Waals surface area (Å²) >= 11 is 0. The number of nitro groups is 1. The maximum atomic E-state index is 10.8. The summed E-state index contributed by atoms with van der Waals surface area (Å²) in [7, 11) is 0. The quantitative estimate of drug-likeness (QED) is 0.422. The summed E-state index contributed by atoms with van der Waals surface area (Å²) in [5.41, 5.74) is 0.102. The summed E-state index contributed by atoms with van der Waals surface area (Å²) in [5.74, 6) is 3.51. The van der Waals surface area contributed by atoms with Gasteiger partial charge in [0.05, 0.1) is 4.92 Å². The molecule has 4 nitrogen and oxygen atoms in total. The molecular weight excluding hydrogens is 290 g/mol. The van der Waals surface area contributed by atoms with E-state index in [1.54, 1.807) is 12.1 Å². The molecule has 0 N–H and O–H groups in total. The lowest BCUT2D eigenvalue weighted by molar-refractivity contribution is -0.384. The van der Waals surface area contributed by atoms with Gasteiger partial charge in [0, 0.05) is 12.1 Å². The molecule has 0 spiro atoms. The second-order valence-corrected chi connectivity index (χ2v) is 7.16. The minimum absolute atomic E-state index is 0.102. The van der Waals surface area contributed by atoms with Crippen LogP contribution >= 0.6 is 0 Å². The lowest BCUT2D eigenvalue weighted by atomic mass is 9.71. The molecule has 1 aromatic rings. The average molecular weight is 315 g/mol. The van der Waals surface area contributed by atoms with Gasteiger partial charge in [0.15, 0.2) is 0 Å². The summed E-state index contributed by atoms with van der Waals surface area (Å²) < 4.78 is 6.25. The second kappa shape index (κ2) is 6.73. The molecule has 2 aliphatic rings. The first-order chi connectivity index (χ1) is 11.1. The molecule has 0 radical (unpaired) electrons. The van der Waals surface area contributed by atoms with Crippen molar-refractivity contribution in [1.29, 1.82) is 0 Å². The molecule has 124 valence electrons. The van der Waals surface area contributed by atoms with Crippen molar-refractivity contribution in [3.63, 3.8) is 0 Å². The molecule has 4 atom stereocenters. The molecule has 3 rings (SSSR count). The summed E-state index contributed by atoms with van der Waals surface area (Å²) in [6.45, 7) is 6.19. The summed E-state index contributed by atoms with van der Waals surface area (Å²) in [4.78, 5) is 10.4. The fourth-order valence-electron chi connectivity index (χ4n) is 4.11. The predicted molar refractivity (Wildman–Crippen MR) is 90.4 cm³/mol. The topological polar surface area (TPSA) is 52.4 Å². The van der Waals surface area contributed by atoms with Crippen molar-refractivity contribution in [3.05, 3.63) is 47.0 Å². The highest BCUT2D eigenvalue weighted by Crippen LogP contribution is 2.48. The van der Waals surface area contributed by atoms with E-state index in [2.05, 4.69) is 13.5 Å². The normalized spacial score (nSPS) is 30.7. The van der Waals surface area contributed by atoms with Crippen LogP contribution in [-0.4, -0.2) is 11.0 Å². The maximum Gasteiger partial charge on any atom is 0.269 e. The fraction of sp³-hybridized carbons (Fsp3) is 0.579. The number of hydrogen-bond acceptors (Lipinski definition) is 3. The van der Waals surface area contributed by atoms with Crippen LogP contribution in [0.5, 0.6) is 5.75 Å². The molecule has 2 fully saturated rings. The first kappa shape index (κ1) is 16.0. The summed E-state index contributed by atoms with van der Waals surface area (Å²) in [5, 5.41) is 10.8. The molecule has 2 aliphatic carbocycles. The Balaban J connectivity index is 1.70. The van der Waals surface area contributed by atoms with Gasteiger partial charge in [0.2, 0.25) is 0 Å². The molecule has 0 amide bonds. The maximum absolute atomic E-state index is 10.8. The highest BCUT2D eigenvalue weighted by Gasteiger charge is 2.42. The van der Waals surface area contributed by atoms with Crippen LogP contribution in [0.15, 0.2) is 36.9 Å². The first-order valence-corrected chi connectivity index (χ1v) is 8.60. The SMILES string of the molecule is C=CCC1CC(C2CC2)CC(C)C1Oc1ccc([N+](=O)[O-])cc1. The predicted octanol–water partition coefficient (Wildman–Crippen LogP) is 4.99. The van der Waals surface area contributed by atoms with Crippen molar-refractivity contribution >= 4 is 5.69 Å². The van der Waals surface area contributed by atoms with Gasteiger partial charge in [-0.2, -0.15) is 0 Å². The number of non-ortho nitro benzene ring substituents is 1. The number of rotatable bonds is 6. The third-order valence-electron chi connectivity index (χ3n) is 5.38. The van der Waals surface area contributed by atoms with E-state index in [1.165, 1.54) is 37.8 Å². The molecule has 0 bridgehead atoms. The third kappa shape index (κ3) is 3.74. The third-order valence-corrected chi connectivity index (χ3v) is 5.38. The van der Waals surface area contributed by atoms with E-state index in [1.807, 2.05) is 6.08 Å². The van der Waals surface area contributed by atoms with E-state index in [9.17, 15) is 10.1 Å². The van der Waals surface area contributed by atoms with Crippen molar-refractivity contribution in [2.24, 2.45) is 23.7 Å². The van der Waals surface area contributed by atoms with Crippen molar-refractivity contribution in [2.75, 3.05) is 0 Å². The molecule has 0 aromatic heterocycles. The molecule has 4 unspecified atom stereocenters. The number of ether oxygens (including phenoxy) is 1. The van der Waals surface area contributed by atoms with Crippen LogP contribution in [0.25, 0.3) is 0 Å². The monoisotopic (exact) mass is 315 g/mol. The zero-order valence-corrected chi connectivity index (χ0v) is 13.7. The second-order valence-electron chi connectivity index (χ2n) is 7.16. The van der Waals surface area contributed by atoms with E-state index in [0.29, 0.717) is 11.8 Å². The van der Waals surface area contributed by atoms with E-state index < -0.39 is 0 Å². The molecule has 23 heavy (non-hydrogen) atoms. The zero-order chi connectivity index (χ0) is 16.4. The van der Waals surface area contributed by atoms with Gasteiger partial charge < -0.3 is 4.74 Å². The average Bonchev–Trinajstić information content (AvgIpc) is 3.36. The van der Waals surface area contributed by atoms with Crippen LogP contribution in [0.3, 0.4) is 0 Å². The number of nitro benzene ring substituents is 1. The molecule has 0 saturated heterocycles.